The van der Waals surface area contributed by atoms with Gasteiger partial charge >= 0.3 is 0 Å². The van der Waals surface area contributed by atoms with Crippen LogP contribution in [-0.2, 0) is 4.74 Å². The Balaban J connectivity index is 1.93. The van der Waals surface area contributed by atoms with Gasteiger partial charge in [-0.15, -0.1) is 0 Å². The molecule has 3 N–H and O–H groups in total. The van der Waals surface area contributed by atoms with Crippen LogP contribution in [0, 0.1) is 11.7 Å². The summed E-state index contributed by atoms with van der Waals surface area (Å²) in [4.78, 5) is 0.0866. The number of benzene rings is 1. The summed E-state index contributed by atoms with van der Waals surface area (Å²) in [5, 5.41) is 3.24. The zero-order valence-corrected chi connectivity index (χ0v) is 10.9. The second-order valence-electron chi connectivity index (χ2n) is 4.50. The fourth-order valence-electron chi connectivity index (χ4n) is 2.04. The van der Waals surface area contributed by atoms with Crippen molar-refractivity contribution in [3.8, 4) is 0 Å². The Hall–Kier alpha value is -1.20. The average molecular weight is 268 g/mol. The molecule has 0 amide bonds. The van der Waals surface area contributed by atoms with Crippen LogP contribution >= 0.6 is 12.2 Å². The molecule has 0 radical (unpaired) electrons. The number of nitrogens with one attached hydrogen (secondary N) is 1. The van der Waals surface area contributed by atoms with Gasteiger partial charge in [0, 0.05) is 31.0 Å². The molecular formula is C13H17FN2OS. The highest BCUT2D eigenvalue weighted by atomic mass is 32.1. The van der Waals surface area contributed by atoms with E-state index >= 15 is 0 Å². The molecule has 0 aliphatic carbocycles. The predicted octanol–water partition coefficient (Wildman–Crippen LogP) is 2.30. The molecule has 1 aromatic carbocycles. The lowest BCUT2D eigenvalue weighted by molar-refractivity contribution is 0.0699. The van der Waals surface area contributed by atoms with E-state index in [4.69, 9.17) is 22.7 Å². The fraction of sp³-hybridized carbons (Fsp3) is 0.462. The lowest BCUT2D eigenvalue weighted by Crippen LogP contribution is -2.22. The minimum atomic E-state index is -0.375. The zero-order valence-electron chi connectivity index (χ0n) is 10.1. The Morgan fingerprint density at radius 1 is 1.44 bits per heavy atom. The highest BCUT2D eigenvalue weighted by molar-refractivity contribution is 7.80. The van der Waals surface area contributed by atoms with E-state index in [9.17, 15) is 4.39 Å². The van der Waals surface area contributed by atoms with Crippen molar-refractivity contribution < 1.29 is 9.13 Å². The molecule has 1 saturated heterocycles. The van der Waals surface area contributed by atoms with Gasteiger partial charge in [-0.25, -0.2) is 4.39 Å². The van der Waals surface area contributed by atoms with E-state index < -0.39 is 0 Å². The van der Waals surface area contributed by atoms with Crippen molar-refractivity contribution in [1.82, 2.24) is 0 Å². The molecule has 1 aromatic rings. The third kappa shape index (κ3) is 3.40. The normalized spacial score (nSPS) is 16.5. The Kier molecular flexibility index (Phi) is 4.49. The van der Waals surface area contributed by atoms with E-state index in [1.165, 1.54) is 6.07 Å². The first-order chi connectivity index (χ1) is 8.66. The lowest BCUT2D eigenvalue weighted by Gasteiger charge is -2.22. The van der Waals surface area contributed by atoms with Crippen molar-refractivity contribution in [3.05, 3.63) is 29.6 Å². The summed E-state index contributed by atoms with van der Waals surface area (Å²) in [5.74, 6) is 0.219. The molecule has 98 valence electrons. The summed E-state index contributed by atoms with van der Waals surface area (Å²) in [7, 11) is 0. The molecule has 0 bridgehead atoms. The van der Waals surface area contributed by atoms with Crippen LogP contribution in [0.4, 0.5) is 10.1 Å². The van der Waals surface area contributed by atoms with E-state index in [-0.39, 0.29) is 10.8 Å². The van der Waals surface area contributed by atoms with Crippen LogP contribution in [0.25, 0.3) is 0 Å². The highest BCUT2D eigenvalue weighted by Crippen LogP contribution is 2.18. The van der Waals surface area contributed by atoms with Crippen LogP contribution in [0.15, 0.2) is 18.2 Å². The molecule has 1 aliphatic rings. The smallest absolute Gasteiger partial charge is 0.135 e. The maximum atomic E-state index is 13.6. The summed E-state index contributed by atoms with van der Waals surface area (Å²) in [6.45, 7) is 2.48. The van der Waals surface area contributed by atoms with Crippen molar-refractivity contribution >= 4 is 22.9 Å². The molecule has 0 spiro atoms. The number of hydrogen-bond donors (Lipinski definition) is 2. The first-order valence-corrected chi connectivity index (χ1v) is 6.48. The van der Waals surface area contributed by atoms with Crippen molar-refractivity contribution in [2.75, 3.05) is 25.1 Å². The van der Waals surface area contributed by atoms with Crippen molar-refractivity contribution in [1.29, 1.82) is 0 Å². The minimum Gasteiger partial charge on any atom is -0.389 e. The number of rotatable bonds is 4. The molecule has 0 atom stereocenters. The highest BCUT2D eigenvalue weighted by Gasteiger charge is 2.13. The van der Waals surface area contributed by atoms with E-state index in [1.54, 1.807) is 12.1 Å². The van der Waals surface area contributed by atoms with Crippen LogP contribution in [0.1, 0.15) is 18.4 Å². The topological polar surface area (TPSA) is 47.3 Å². The quantitative estimate of drug-likeness (QED) is 0.823. The molecule has 18 heavy (non-hydrogen) atoms. The van der Waals surface area contributed by atoms with E-state index in [2.05, 4.69) is 5.32 Å². The monoisotopic (exact) mass is 268 g/mol. The molecule has 0 aromatic heterocycles. The number of thiocarbonyl (C=S) groups is 1. The van der Waals surface area contributed by atoms with Gasteiger partial charge in [0.1, 0.15) is 10.8 Å². The number of ether oxygens (including phenoxy) is 1. The molecule has 1 fully saturated rings. The van der Waals surface area contributed by atoms with E-state index in [1.807, 2.05) is 0 Å². The van der Waals surface area contributed by atoms with Gasteiger partial charge in [-0.2, -0.15) is 0 Å². The van der Waals surface area contributed by atoms with E-state index in [0.717, 1.165) is 38.3 Å². The molecule has 1 aliphatic heterocycles. The molecule has 2 rings (SSSR count). The van der Waals surface area contributed by atoms with Gasteiger partial charge in [0.25, 0.3) is 0 Å². The molecule has 0 unspecified atom stereocenters. The first kappa shape index (κ1) is 13.2. The van der Waals surface area contributed by atoms with Crippen LogP contribution < -0.4 is 11.1 Å². The maximum Gasteiger partial charge on any atom is 0.135 e. The minimum absolute atomic E-state index is 0.0866. The summed E-state index contributed by atoms with van der Waals surface area (Å²) < 4.78 is 18.9. The van der Waals surface area contributed by atoms with Crippen molar-refractivity contribution in [2.45, 2.75) is 12.8 Å². The SMILES string of the molecule is NC(=S)c1ccc(NCC2CCOCC2)cc1F. The van der Waals surface area contributed by atoms with Crippen LogP contribution in [-0.4, -0.2) is 24.7 Å². The summed E-state index contributed by atoms with van der Waals surface area (Å²) >= 11 is 4.76. The van der Waals surface area contributed by atoms with Gasteiger partial charge < -0.3 is 15.8 Å². The fourth-order valence-corrected chi connectivity index (χ4v) is 2.20. The Labute approximate surface area is 112 Å². The molecular weight excluding hydrogens is 251 g/mol. The zero-order chi connectivity index (χ0) is 13.0. The molecule has 5 heteroatoms. The first-order valence-electron chi connectivity index (χ1n) is 6.08. The second kappa shape index (κ2) is 6.11. The van der Waals surface area contributed by atoms with Crippen molar-refractivity contribution in [2.24, 2.45) is 11.7 Å². The number of hydrogen-bond acceptors (Lipinski definition) is 3. The van der Waals surface area contributed by atoms with Gasteiger partial charge in [0.2, 0.25) is 0 Å². The van der Waals surface area contributed by atoms with Crippen LogP contribution in [0.2, 0.25) is 0 Å². The third-order valence-corrected chi connectivity index (χ3v) is 3.39. The maximum absolute atomic E-state index is 13.6. The largest absolute Gasteiger partial charge is 0.389 e. The second-order valence-corrected chi connectivity index (χ2v) is 4.94. The molecule has 0 saturated carbocycles. The van der Waals surface area contributed by atoms with Gasteiger partial charge in [-0.1, -0.05) is 12.2 Å². The van der Waals surface area contributed by atoms with Gasteiger partial charge in [-0.3, -0.25) is 0 Å². The number of anilines is 1. The lowest BCUT2D eigenvalue weighted by atomic mass is 10.0. The Bertz CT molecular complexity index is 433. The van der Waals surface area contributed by atoms with Gasteiger partial charge in [0.05, 0.1) is 0 Å². The average Bonchev–Trinajstić information content (AvgIpc) is 2.37. The number of halogens is 1. The Morgan fingerprint density at radius 2 is 2.17 bits per heavy atom. The molecule has 1 heterocycles. The number of nitrogens with two attached hydrogens (primary N) is 1. The molecule has 3 nitrogen and oxygen atoms in total. The predicted molar refractivity (Wildman–Crippen MR) is 74.3 cm³/mol. The summed E-state index contributed by atoms with van der Waals surface area (Å²) in [6, 6.07) is 4.86. The summed E-state index contributed by atoms with van der Waals surface area (Å²) in [6.07, 6.45) is 2.11. The Morgan fingerprint density at radius 3 is 2.78 bits per heavy atom. The van der Waals surface area contributed by atoms with E-state index in [0.29, 0.717) is 11.5 Å². The van der Waals surface area contributed by atoms with Gasteiger partial charge in [0.15, 0.2) is 0 Å². The third-order valence-electron chi connectivity index (χ3n) is 3.17. The summed E-state index contributed by atoms with van der Waals surface area (Å²) in [5.41, 5.74) is 6.47. The van der Waals surface area contributed by atoms with Crippen molar-refractivity contribution in [3.63, 3.8) is 0 Å². The standard InChI is InChI=1S/C13H17FN2OS/c14-12-7-10(1-2-11(12)13(15)18)16-8-9-3-5-17-6-4-9/h1-2,7,9,16H,3-6,8H2,(H2,15,18). The van der Waals surface area contributed by atoms with Crippen LogP contribution in [0.5, 0.6) is 0 Å². The van der Waals surface area contributed by atoms with Crippen LogP contribution in [0.3, 0.4) is 0 Å². The van der Waals surface area contributed by atoms with Gasteiger partial charge in [-0.05, 0) is 37.0 Å².